The van der Waals surface area contributed by atoms with Crippen LogP contribution in [0.2, 0.25) is 0 Å². The molecule has 0 fully saturated rings. The van der Waals surface area contributed by atoms with E-state index in [9.17, 15) is 14.8 Å². The third-order valence-electron chi connectivity index (χ3n) is 3.03. The van der Waals surface area contributed by atoms with Gasteiger partial charge in [-0.15, -0.1) is 0 Å². The molecular formula is C14H22N4O3. The third-order valence-corrected chi connectivity index (χ3v) is 3.03. The van der Waals surface area contributed by atoms with Gasteiger partial charge in [0.25, 0.3) is 0 Å². The molecule has 1 heterocycles. The Bertz CT molecular complexity index is 427. The highest BCUT2D eigenvalue weighted by Gasteiger charge is 2.20. The van der Waals surface area contributed by atoms with Crippen LogP contribution in [0.4, 0.5) is 5.82 Å². The first-order chi connectivity index (χ1) is 10.2. The number of aromatic nitrogens is 1. The molecule has 21 heavy (non-hydrogen) atoms. The number of hydrazine groups is 1. The van der Waals surface area contributed by atoms with Gasteiger partial charge >= 0.3 is 0 Å². The van der Waals surface area contributed by atoms with Crippen LogP contribution in [0, 0.1) is 5.92 Å². The van der Waals surface area contributed by atoms with Gasteiger partial charge in [0.15, 0.2) is 0 Å². The predicted octanol–water partition coefficient (Wildman–Crippen LogP) is 1.57. The van der Waals surface area contributed by atoms with Crippen molar-refractivity contribution in [1.82, 2.24) is 15.5 Å². The molecule has 1 atom stereocenters. The lowest BCUT2D eigenvalue weighted by Crippen LogP contribution is -2.40. The van der Waals surface area contributed by atoms with E-state index in [1.807, 2.05) is 0 Å². The van der Waals surface area contributed by atoms with Gasteiger partial charge in [0.2, 0.25) is 12.3 Å². The van der Waals surface area contributed by atoms with Gasteiger partial charge in [-0.2, -0.15) is 0 Å². The second kappa shape index (κ2) is 9.71. The molecule has 1 aromatic rings. The van der Waals surface area contributed by atoms with Crippen molar-refractivity contribution in [2.75, 3.05) is 12.0 Å². The Morgan fingerprint density at radius 3 is 2.90 bits per heavy atom. The lowest BCUT2D eigenvalue weighted by Gasteiger charge is -2.19. The van der Waals surface area contributed by atoms with Crippen molar-refractivity contribution in [2.45, 2.75) is 32.6 Å². The average Bonchev–Trinajstić information content (AvgIpc) is 2.52. The molecule has 0 aliphatic rings. The summed E-state index contributed by atoms with van der Waals surface area (Å²) in [6.45, 7) is 2.05. The van der Waals surface area contributed by atoms with Crippen LogP contribution in [0.25, 0.3) is 0 Å². The molecule has 2 amide bonds. The number of pyridine rings is 1. The minimum absolute atomic E-state index is 0.0249. The van der Waals surface area contributed by atoms with Gasteiger partial charge in [0.1, 0.15) is 5.82 Å². The van der Waals surface area contributed by atoms with Gasteiger partial charge in [-0.05, 0) is 18.6 Å². The van der Waals surface area contributed by atoms with Crippen molar-refractivity contribution in [1.29, 1.82) is 0 Å². The lowest BCUT2D eigenvalue weighted by molar-refractivity contribution is -0.154. The van der Waals surface area contributed by atoms with Gasteiger partial charge in [0, 0.05) is 6.20 Å². The molecule has 0 saturated carbocycles. The summed E-state index contributed by atoms with van der Waals surface area (Å²) < 4.78 is 0. The number of nitrogens with zero attached hydrogens (tertiary/aromatic N) is 2. The maximum absolute atomic E-state index is 12.1. The number of hydrogen-bond donors (Lipinski definition) is 3. The molecule has 1 rings (SSSR count). The van der Waals surface area contributed by atoms with Crippen LogP contribution in [0.15, 0.2) is 24.4 Å². The standard InChI is InChI=1S/C14H22N4O3/c1-2-3-4-7-12(10-18(21)11-19)14(20)17-16-13-8-5-6-9-15-13/h5-6,8-9,11-12,21H,2-4,7,10H2,1H3,(H,15,16)(H,17,20)/t12-/m1/s1. The topological polar surface area (TPSA) is 94.6 Å². The number of anilines is 1. The lowest BCUT2D eigenvalue weighted by atomic mass is 10.0. The van der Waals surface area contributed by atoms with Crippen LogP contribution < -0.4 is 10.9 Å². The van der Waals surface area contributed by atoms with Crippen LogP contribution >= 0.6 is 0 Å². The number of nitrogens with one attached hydrogen (secondary N) is 2. The normalized spacial score (nSPS) is 11.5. The monoisotopic (exact) mass is 294 g/mol. The van der Waals surface area contributed by atoms with Crippen LogP contribution in [-0.4, -0.2) is 34.1 Å². The second-order valence-corrected chi connectivity index (χ2v) is 4.75. The maximum Gasteiger partial charge on any atom is 0.243 e. The van der Waals surface area contributed by atoms with Gasteiger partial charge in [0.05, 0.1) is 12.5 Å². The second-order valence-electron chi connectivity index (χ2n) is 4.75. The number of carbonyl (C=O) groups is 2. The first kappa shape index (κ1) is 16.9. The first-order valence-corrected chi connectivity index (χ1v) is 7.05. The van der Waals surface area contributed by atoms with Crippen molar-refractivity contribution in [3.05, 3.63) is 24.4 Å². The quantitative estimate of drug-likeness (QED) is 0.263. The van der Waals surface area contributed by atoms with Crippen molar-refractivity contribution in [3.63, 3.8) is 0 Å². The summed E-state index contributed by atoms with van der Waals surface area (Å²) in [5.74, 6) is -0.227. The molecule has 3 N–H and O–H groups in total. The molecule has 1 aromatic heterocycles. The Morgan fingerprint density at radius 2 is 2.29 bits per heavy atom. The summed E-state index contributed by atoms with van der Waals surface area (Å²) in [6.07, 6.45) is 5.42. The molecule has 116 valence electrons. The minimum Gasteiger partial charge on any atom is -0.286 e. The van der Waals surface area contributed by atoms with Gasteiger partial charge in [-0.25, -0.2) is 10.0 Å². The zero-order chi connectivity index (χ0) is 15.5. The van der Waals surface area contributed by atoms with Crippen molar-refractivity contribution >= 4 is 18.1 Å². The SMILES string of the molecule is CCCCC[C@H](CN(O)C=O)C(=O)NNc1ccccn1. The minimum atomic E-state index is -0.469. The predicted molar refractivity (Wildman–Crippen MR) is 78.2 cm³/mol. The van der Waals surface area contributed by atoms with Gasteiger partial charge in [-0.3, -0.25) is 25.6 Å². The fraction of sp³-hybridized carbons (Fsp3) is 0.500. The number of unbranched alkanes of at least 4 members (excludes halogenated alkanes) is 2. The first-order valence-electron chi connectivity index (χ1n) is 7.05. The highest BCUT2D eigenvalue weighted by Crippen LogP contribution is 2.11. The molecule has 0 aliphatic heterocycles. The molecule has 0 radical (unpaired) electrons. The Balaban J connectivity index is 2.50. The zero-order valence-electron chi connectivity index (χ0n) is 12.2. The zero-order valence-corrected chi connectivity index (χ0v) is 12.2. The molecular weight excluding hydrogens is 272 g/mol. The molecule has 0 saturated heterocycles. The molecule has 0 spiro atoms. The van der Waals surface area contributed by atoms with E-state index in [0.29, 0.717) is 23.7 Å². The fourth-order valence-electron chi connectivity index (χ4n) is 1.88. The average molecular weight is 294 g/mol. The summed E-state index contributed by atoms with van der Waals surface area (Å²) in [4.78, 5) is 26.6. The van der Waals surface area contributed by atoms with E-state index in [1.54, 1.807) is 24.4 Å². The van der Waals surface area contributed by atoms with Crippen LogP contribution in [0.1, 0.15) is 32.6 Å². The molecule has 7 heteroatoms. The molecule has 0 bridgehead atoms. The van der Waals surface area contributed by atoms with E-state index < -0.39 is 5.92 Å². The van der Waals surface area contributed by atoms with E-state index in [2.05, 4.69) is 22.8 Å². The highest BCUT2D eigenvalue weighted by molar-refractivity contribution is 5.80. The van der Waals surface area contributed by atoms with Crippen molar-refractivity contribution in [3.8, 4) is 0 Å². The van der Waals surface area contributed by atoms with Crippen molar-refractivity contribution in [2.24, 2.45) is 5.92 Å². The maximum atomic E-state index is 12.1. The summed E-state index contributed by atoms with van der Waals surface area (Å²) in [5, 5.41) is 9.77. The Kier molecular flexibility index (Phi) is 7.81. The van der Waals surface area contributed by atoms with E-state index in [0.717, 1.165) is 19.3 Å². The summed E-state index contributed by atoms with van der Waals surface area (Å²) in [5.41, 5.74) is 5.26. The Labute approximate surface area is 124 Å². The third kappa shape index (κ3) is 6.71. The molecule has 0 unspecified atom stereocenters. The fourth-order valence-corrected chi connectivity index (χ4v) is 1.88. The summed E-state index contributed by atoms with van der Waals surface area (Å²) >= 11 is 0. The van der Waals surface area contributed by atoms with Crippen LogP contribution in [0.3, 0.4) is 0 Å². The van der Waals surface area contributed by atoms with Gasteiger partial charge in [-0.1, -0.05) is 32.3 Å². The molecule has 0 aliphatic carbocycles. The highest BCUT2D eigenvalue weighted by atomic mass is 16.5. The van der Waals surface area contributed by atoms with Gasteiger partial charge < -0.3 is 0 Å². The van der Waals surface area contributed by atoms with Crippen LogP contribution in [0.5, 0.6) is 0 Å². The smallest absolute Gasteiger partial charge is 0.243 e. The number of hydrogen-bond acceptors (Lipinski definition) is 5. The summed E-state index contributed by atoms with van der Waals surface area (Å²) in [7, 11) is 0. The number of rotatable bonds is 10. The van der Waals surface area contributed by atoms with E-state index in [4.69, 9.17) is 0 Å². The Morgan fingerprint density at radius 1 is 1.48 bits per heavy atom. The number of hydroxylamine groups is 2. The number of carbonyl (C=O) groups excluding carboxylic acids is 2. The summed E-state index contributed by atoms with van der Waals surface area (Å²) in [6, 6.07) is 5.28. The molecule has 0 aromatic carbocycles. The molecule has 7 nitrogen and oxygen atoms in total. The van der Waals surface area contributed by atoms with E-state index in [-0.39, 0.29) is 12.5 Å². The van der Waals surface area contributed by atoms with E-state index >= 15 is 0 Å². The van der Waals surface area contributed by atoms with E-state index in [1.165, 1.54) is 0 Å². The largest absolute Gasteiger partial charge is 0.286 e. The number of amides is 2. The van der Waals surface area contributed by atoms with Crippen LogP contribution in [-0.2, 0) is 9.59 Å². The Hall–Kier alpha value is -2.15. The van der Waals surface area contributed by atoms with Crippen molar-refractivity contribution < 1.29 is 14.8 Å².